The number of rotatable bonds is 10. The first-order chi connectivity index (χ1) is 11.1. The summed E-state index contributed by atoms with van der Waals surface area (Å²) in [4.78, 5) is 4.11. The molecule has 1 aliphatic rings. The normalized spacial score (nSPS) is 16.5. The van der Waals surface area contributed by atoms with Gasteiger partial charge in [-0.3, -0.25) is 4.99 Å². The maximum Gasteiger partial charge on any atom is 0.215 e. The van der Waals surface area contributed by atoms with Gasteiger partial charge in [-0.15, -0.1) is 24.0 Å². The van der Waals surface area contributed by atoms with E-state index >= 15 is 0 Å². The van der Waals surface area contributed by atoms with E-state index < -0.39 is 10.0 Å². The first-order valence-corrected chi connectivity index (χ1v) is 10.9. The van der Waals surface area contributed by atoms with Crippen LogP contribution in [0.15, 0.2) is 4.99 Å². The number of aliphatic imine (C=N–C) groups is 1. The first-order valence-electron chi connectivity index (χ1n) is 8.18. The minimum atomic E-state index is -3.16. The topological polar surface area (TPSA) is 83.0 Å². The van der Waals surface area contributed by atoms with Crippen LogP contribution in [0.1, 0.15) is 19.8 Å². The number of hydrogen-bond donors (Lipinski definition) is 2. The van der Waals surface area contributed by atoms with Crippen molar-refractivity contribution in [2.24, 2.45) is 4.99 Å². The number of hydrogen-bond acceptors (Lipinski definition) is 5. The Labute approximate surface area is 167 Å². The van der Waals surface area contributed by atoms with E-state index in [2.05, 4.69) is 15.6 Å². The van der Waals surface area contributed by atoms with Gasteiger partial charge in [-0.1, -0.05) is 0 Å². The molecule has 1 rings (SSSR count). The summed E-state index contributed by atoms with van der Waals surface area (Å²) >= 11 is 1.80. The van der Waals surface area contributed by atoms with Gasteiger partial charge in [0.15, 0.2) is 5.96 Å². The van der Waals surface area contributed by atoms with Crippen molar-refractivity contribution in [1.82, 2.24) is 14.9 Å². The molecule has 0 unspecified atom stereocenters. The van der Waals surface area contributed by atoms with Crippen LogP contribution in [0.25, 0.3) is 0 Å². The van der Waals surface area contributed by atoms with Gasteiger partial charge in [-0.05, 0) is 19.8 Å². The highest BCUT2D eigenvalue weighted by Crippen LogP contribution is 2.12. The summed E-state index contributed by atoms with van der Waals surface area (Å²) in [6.07, 6.45) is 1.99. The number of ether oxygens (including phenoxy) is 1. The Kier molecular flexibility index (Phi) is 14.5. The first kappa shape index (κ1) is 24.2. The highest BCUT2D eigenvalue weighted by molar-refractivity contribution is 14.0. The van der Waals surface area contributed by atoms with Gasteiger partial charge in [-0.2, -0.15) is 11.8 Å². The molecule has 24 heavy (non-hydrogen) atoms. The third kappa shape index (κ3) is 10.3. The molecule has 0 aliphatic carbocycles. The number of halogens is 1. The third-order valence-corrected chi connectivity index (χ3v) is 6.27. The Bertz CT molecular complexity index is 443. The second-order valence-corrected chi connectivity index (χ2v) is 8.47. The molecule has 0 radical (unpaired) electrons. The highest BCUT2D eigenvalue weighted by atomic mass is 127. The predicted octanol–water partition coefficient (Wildman–Crippen LogP) is 0.965. The summed E-state index contributed by atoms with van der Waals surface area (Å²) < 4.78 is 31.3. The molecule has 0 amide bonds. The van der Waals surface area contributed by atoms with Crippen molar-refractivity contribution in [3.63, 3.8) is 0 Å². The van der Waals surface area contributed by atoms with E-state index in [0.717, 1.165) is 44.1 Å². The lowest BCUT2D eigenvalue weighted by Crippen LogP contribution is -2.44. The predicted molar refractivity (Wildman–Crippen MR) is 113 cm³/mol. The smallest absolute Gasteiger partial charge is 0.215 e. The van der Waals surface area contributed by atoms with Crippen LogP contribution in [0.3, 0.4) is 0 Å². The lowest BCUT2D eigenvalue weighted by Gasteiger charge is -2.25. The highest BCUT2D eigenvalue weighted by Gasteiger charge is 2.23. The monoisotopic (exact) mass is 494 g/mol. The van der Waals surface area contributed by atoms with E-state index in [1.165, 1.54) is 0 Å². The van der Waals surface area contributed by atoms with E-state index in [1.54, 1.807) is 23.1 Å². The molecular weight excluding hydrogens is 463 g/mol. The maximum absolute atomic E-state index is 12.2. The van der Waals surface area contributed by atoms with Crippen molar-refractivity contribution < 1.29 is 13.2 Å². The Balaban J connectivity index is 0.00000529. The molecule has 1 heterocycles. The molecule has 0 spiro atoms. The molecule has 1 saturated heterocycles. The number of sulfonamides is 1. The number of unbranched alkanes of at least 4 members (excludes halogenated alkanes) is 1. The zero-order valence-electron chi connectivity index (χ0n) is 14.6. The van der Waals surface area contributed by atoms with E-state index in [-0.39, 0.29) is 29.7 Å². The van der Waals surface area contributed by atoms with Gasteiger partial charge >= 0.3 is 0 Å². The van der Waals surface area contributed by atoms with Crippen molar-refractivity contribution in [1.29, 1.82) is 0 Å². The van der Waals surface area contributed by atoms with Gasteiger partial charge in [0, 0.05) is 57.9 Å². The summed E-state index contributed by atoms with van der Waals surface area (Å²) in [6, 6.07) is 0. The van der Waals surface area contributed by atoms with E-state index in [1.807, 2.05) is 6.92 Å². The van der Waals surface area contributed by atoms with E-state index in [4.69, 9.17) is 4.74 Å². The molecule has 10 heteroatoms. The lowest BCUT2D eigenvalue weighted by molar-refractivity contribution is 0.143. The van der Waals surface area contributed by atoms with Gasteiger partial charge in [0.25, 0.3) is 0 Å². The standard InChI is InChI=1S/C14H30N4O3S2.HI/c1-3-21-10-5-4-6-16-14(15-2)17-7-13-23(19,20)18-8-11-22-12-9-18;/h3-13H2,1-2H3,(H2,15,16,17);1H. The SMILES string of the molecule is CCOCCCCNC(=NC)NCCS(=O)(=O)N1CCSCC1.I. The lowest BCUT2D eigenvalue weighted by atomic mass is 10.3. The molecule has 0 aromatic rings. The van der Waals surface area contributed by atoms with Gasteiger partial charge in [0.2, 0.25) is 10.0 Å². The van der Waals surface area contributed by atoms with Gasteiger partial charge in [0.1, 0.15) is 0 Å². The minimum absolute atomic E-state index is 0. The second kappa shape index (κ2) is 14.4. The number of nitrogens with zero attached hydrogens (tertiary/aromatic N) is 2. The largest absolute Gasteiger partial charge is 0.382 e. The maximum atomic E-state index is 12.2. The molecular formula is C14H31IN4O3S2. The Morgan fingerprint density at radius 2 is 1.88 bits per heavy atom. The third-order valence-electron chi connectivity index (χ3n) is 3.45. The van der Waals surface area contributed by atoms with Crippen LogP contribution in [0.4, 0.5) is 0 Å². The molecule has 2 N–H and O–H groups in total. The zero-order valence-corrected chi connectivity index (χ0v) is 18.6. The molecule has 0 aromatic heterocycles. The summed E-state index contributed by atoms with van der Waals surface area (Å²) in [6.45, 7) is 5.92. The fourth-order valence-electron chi connectivity index (χ4n) is 2.15. The minimum Gasteiger partial charge on any atom is -0.382 e. The number of thioether (sulfide) groups is 1. The quantitative estimate of drug-likeness (QED) is 0.204. The van der Waals surface area contributed by atoms with Crippen molar-refractivity contribution in [2.45, 2.75) is 19.8 Å². The molecule has 0 aromatic carbocycles. The van der Waals surface area contributed by atoms with Gasteiger partial charge in [-0.25, -0.2) is 12.7 Å². The second-order valence-electron chi connectivity index (χ2n) is 5.16. The fourth-order valence-corrected chi connectivity index (χ4v) is 4.64. The summed E-state index contributed by atoms with van der Waals surface area (Å²) in [5.74, 6) is 2.52. The van der Waals surface area contributed by atoms with Crippen LogP contribution in [0, 0.1) is 0 Å². The van der Waals surface area contributed by atoms with E-state index in [0.29, 0.717) is 25.6 Å². The zero-order chi connectivity index (χ0) is 17.0. The summed E-state index contributed by atoms with van der Waals surface area (Å²) in [5.41, 5.74) is 0. The summed E-state index contributed by atoms with van der Waals surface area (Å²) in [7, 11) is -1.48. The van der Waals surface area contributed by atoms with E-state index in [9.17, 15) is 8.42 Å². The van der Waals surface area contributed by atoms with Crippen LogP contribution < -0.4 is 10.6 Å². The van der Waals surface area contributed by atoms with Crippen LogP contribution in [-0.2, 0) is 14.8 Å². The molecule has 1 aliphatic heterocycles. The van der Waals surface area contributed by atoms with Gasteiger partial charge in [0.05, 0.1) is 5.75 Å². The molecule has 0 atom stereocenters. The molecule has 144 valence electrons. The van der Waals surface area contributed by atoms with Crippen molar-refractivity contribution in [3.05, 3.63) is 0 Å². The van der Waals surface area contributed by atoms with Crippen LogP contribution >= 0.6 is 35.7 Å². The Hall–Kier alpha value is 0.220. The number of guanidine groups is 1. The summed E-state index contributed by atoms with van der Waals surface area (Å²) in [5, 5.41) is 6.25. The molecule has 0 saturated carbocycles. The number of nitrogens with one attached hydrogen (secondary N) is 2. The Morgan fingerprint density at radius 3 is 2.50 bits per heavy atom. The average molecular weight is 494 g/mol. The van der Waals surface area contributed by atoms with Crippen molar-refractivity contribution in [2.75, 3.05) is 63.7 Å². The van der Waals surface area contributed by atoms with Crippen LogP contribution in [0.2, 0.25) is 0 Å². The molecule has 7 nitrogen and oxygen atoms in total. The fraction of sp³-hybridized carbons (Fsp3) is 0.929. The average Bonchev–Trinajstić information content (AvgIpc) is 2.57. The molecule has 1 fully saturated rings. The van der Waals surface area contributed by atoms with Crippen molar-refractivity contribution in [3.8, 4) is 0 Å². The molecule has 0 bridgehead atoms. The van der Waals surface area contributed by atoms with Crippen LogP contribution in [0.5, 0.6) is 0 Å². The van der Waals surface area contributed by atoms with Gasteiger partial charge < -0.3 is 15.4 Å². The Morgan fingerprint density at radius 1 is 1.21 bits per heavy atom. The van der Waals surface area contributed by atoms with Crippen molar-refractivity contribution >= 4 is 51.7 Å². The van der Waals surface area contributed by atoms with Crippen LogP contribution in [-0.4, -0.2) is 82.4 Å².